The third-order valence-electron chi connectivity index (χ3n) is 5.00. The highest BCUT2D eigenvalue weighted by atomic mass is 16.3. The van der Waals surface area contributed by atoms with Crippen molar-refractivity contribution in [3.63, 3.8) is 0 Å². The van der Waals surface area contributed by atoms with E-state index >= 15 is 0 Å². The Morgan fingerprint density at radius 2 is 1.80 bits per heavy atom. The molecular formula is C21H26N2O2. The van der Waals surface area contributed by atoms with E-state index < -0.39 is 0 Å². The number of fused-ring (bicyclic) bond motifs is 1. The minimum atomic E-state index is -0.0524. The van der Waals surface area contributed by atoms with Gasteiger partial charge in [-0.3, -0.25) is 4.79 Å². The minimum Gasteiger partial charge on any atom is -0.394 e. The van der Waals surface area contributed by atoms with E-state index in [1.54, 1.807) is 0 Å². The molecule has 4 heteroatoms. The van der Waals surface area contributed by atoms with Gasteiger partial charge in [0.05, 0.1) is 19.2 Å². The summed E-state index contributed by atoms with van der Waals surface area (Å²) in [6.45, 7) is 3.81. The van der Waals surface area contributed by atoms with E-state index in [2.05, 4.69) is 18.2 Å². The van der Waals surface area contributed by atoms with Crippen molar-refractivity contribution in [1.82, 2.24) is 4.90 Å². The van der Waals surface area contributed by atoms with Crippen LogP contribution in [0.15, 0.2) is 54.6 Å². The molecule has 1 unspecified atom stereocenters. The molecule has 0 fully saturated rings. The topological polar surface area (TPSA) is 43.8 Å². The summed E-state index contributed by atoms with van der Waals surface area (Å²) in [6, 6.07) is 18.2. The third-order valence-corrected chi connectivity index (χ3v) is 5.00. The molecule has 1 N–H and O–H groups in total. The molecule has 0 spiro atoms. The monoisotopic (exact) mass is 338 g/mol. The number of rotatable bonds is 6. The number of amides is 1. The van der Waals surface area contributed by atoms with Crippen LogP contribution in [0, 0.1) is 0 Å². The van der Waals surface area contributed by atoms with E-state index in [4.69, 9.17) is 0 Å². The molecule has 1 aliphatic rings. The largest absolute Gasteiger partial charge is 0.394 e. The summed E-state index contributed by atoms with van der Waals surface area (Å²) < 4.78 is 0. The lowest BCUT2D eigenvalue weighted by Crippen LogP contribution is -2.47. The predicted molar refractivity (Wildman–Crippen MR) is 101 cm³/mol. The van der Waals surface area contributed by atoms with E-state index in [0.717, 1.165) is 25.1 Å². The molecule has 0 aliphatic carbocycles. The van der Waals surface area contributed by atoms with Gasteiger partial charge in [0, 0.05) is 18.8 Å². The van der Waals surface area contributed by atoms with Gasteiger partial charge in [0.1, 0.15) is 0 Å². The van der Waals surface area contributed by atoms with Crippen molar-refractivity contribution < 1.29 is 9.90 Å². The summed E-state index contributed by atoms with van der Waals surface area (Å²) in [5, 5.41) is 9.74. The molecular weight excluding hydrogens is 312 g/mol. The molecule has 1 atom stereocenters. The second-order valence-corrected chi connectivity index (χ2v) is 6.54. The Labute approximate surface area is 149 Å². The minimum absolute atomic E-state index is 0.0432. The number of hydrogen-bond acceptors (Lipinski definition) is 3. The normalized spacial score (nSPS) is 14.7. The first-order chi connectivity index (χ1) is 12.2. The molecule has 25 heavy (non-hydrogen) atoms. The molecule has 2 aromatic rings. The SMILES string of the molecule is CCC(CO)N(CC(=O)N1CCc2ccccc2C1)c1ccccc1. The first-order valence-electron chi connectivity index (χ1n) is 9.00. The van der Waals surface area contributed by atoms with Gasteiger partial charge in [0.25, 0.3) is 0 Å². The zero-order valence-corrected chi connectivity index (χ0v) is 14.8. The van der Waals surface area contributed by atoms with Crippen LogP contribution < -0.4 is 4.90 Å². The Bertz CT molecular complexity index is 698. The average Bonchev–Trinajstić information content (AvgIpc) is 2.68. The van der Waals surface area contributed by atoms with Gasteiger partial charge in [-0.15, -0.1) is 0 Å². The summed E-state index contributed by atoms with van der Waals surface area (Å²) in [4.78, 5) is 16.9. The molecule has 1 heterocycles. The van der Waals surface area contributed by atoms with Crippen LogP contribution in [0.25, 0.3) is 0 Å². The van der Waals surface area contributed by atoms with Crippen LogP contribution in [0.5, 0.6) is 0 Å². The Kier molecular flexibility index (Phi) is 5.71. The number of aliphatic hydroxyl groups excluding tert-OH is 1. The highest BCUT2D eigenvalue weighted by Crippen LogP contribution is 2.21. The summed E-state index contributed by atoms with van der Waals surface area (Å²) in [6.07, 6.45) is 1.70. The van der Waals surface area contributed by atoms with Crippen molar-refractivity contribution >= 4 is 11.6 Å². The number of aliphatic hydroxyl groups is 1. The summed E-state index contributed by atoms with van der Waals surface area (Å²) in [5.74, 6) is 0.116. The lowest BCUT2D eigenvalue weighted by atomic mass is 10.00. The van der Waals surface area contributed by atoms with Crippen molar-refractivity contribution in [3.05, 3.63) is 65.7 Å². The number of para-hydroxylation sites is 1. The van der Waals surface area contributed by atoms with Gasteiger partial charge in [-0.2, -0.15) is 0 Å². The maximum atomic E-state index is 12.9. The van der Waals surface area contributed by atoms with Crippen LogP contribution >= 0.6 is 0 Å². The lowest BCUT2D eigenvalue weighted by molar-refractivity contribution is -0.130. The first-order valence-corrected chi connectivity index (χ1v) is 9.00. The Morgan fingerprint density at radius 1 is 1.12 bits per heavy atom. The lowest BCUT2D eigenvalue weighted by Gasteiger charge is -2.35. The molecule has 1 amide bonds. The summed E-state index contributed by atoms with van der Waals surface area (Å²) in [7, 11) is 0. The van der Waals surface area contributed by atoms with Gasteiger partial charge in [-0.1, -0.05) is 49.4 Å². The van der Waals surface area contributed by atoms with Crippen molar-refractivity contribution in [2.45, 2.75) is 32.4 Å². The number of benzene rings is 2. The van der Waals surface area contributed by atoms with Gasteiger partial charge in [-0.05, 0) is 36.1 Å². The average molecular weight is 338 g/mol. The number of carbonyl (C=O) groups is 1. The Balaban J connectivity index is 1.75. The highest BCUT2D eigenvalue weighted by Gasteiger charge is 2.25. The van der Waals surface area contributed by atoms with Gasteiger partial charge < -0.3 is 14.9 Å². The molecule has 2 aromatic carbocycles. The van der Waals surface area contributed by atoms with E-state index in [1.807, 2.05) is 53.1 Å². The van der Waals surface area contributed by atoms with Crippen molar-refractivity contribution in [2.75, 3.05) is 24.6 Å². The molecule has 0 bridgehead atoms. The van der Waals surface area contributed by atoms with Crippen molar-refractivity contribution in [3.8, 4) is 0 Å². The fourth-order valence-corrected chi connectivity index (χ4v) is 3.45. The summed E-state index contributed by atoms with van der Waals surface area (Å²) >= 11 is 0. The van der Waals surface area contributed by atoms with Crippen LogP contribution in [0.4, 0.5) is 5.69 Å². The number of anilines is 1. The molecule has 0 aromatic heterocycles. The number of nitrogens with zero attached hydrogens (tertiary/aromatic N) is 2. The van der Waals surface area contributed by atoms with Crippen LogP contribution in [-0.2, 0) is 17.8 Å². The van der Waals surface area contributed by atoms with Crippen molar-refractivity contribution in [2.24, 2.45) is 0 Å². The van der Waals surface area contributed by atoms with Gasteiger partial charge in [-0.25, -0.2) is 0 Å². The first kappa shape index (κ1) is 17.5. The number of hydrogen-bond donors (Lipinski definition) is 1. The molecule has 132 valence electrons. The summed E-state index contributed by atoms with van der Waals surface area (Å²) in [5.41, 5.74) is 3.56. The maximum absolute atomic E-state index is 12.9. The zero-order valence-electron chi connectivity index (χ0n) is 14.8. The predicted octanol–water partition coefficient (Wildman–Crippen LogP) is 2.85. The van der Waals surface area contributed by atoms with Gasteiger partial charge in [0.2, 0.25) is 5.91 Å². The second kappa shape index (κ2) is 8.17. The van der Waals surface area contributed by atoms with Gasteiger partial charge in [0.15, 0.2) is 0 Å². The third kappa shape index (κ3) is 4.02. The van der Waals surface area contributed by atoms with E-state index in [1.165, 1.54) is 11.1 Å². The van der Waals surface area contributed by atoms with E-state index in [9.17, 15) is 9.90 Å². The Morgan fingerprint density at radius 3 is 2.48 bits per heavy atom. The highest BCUT2D eigenvalue weighted by molar-refractivity contribution is 5.82. The quantitative estimate of drug-likeness (QED) is 0.881. The molecule has 0 saturated carbocycles. The van der Waals surface area contributed by atoms with Crippen LogP contribution in [-0.4, -0.2) is 41.7 Å². The van der Waals surface area contributed by atoms with E-state index in [0.29, 0.717) is 13.1 Å². The van der Waals surface area contributed by atoms with E-state index in [-0.39, 0.29) is 18.6 Å². The smallest absolute Gasteiger partial charge is 0.242 e. The maximum Gasteiger partial charge on any atom is 0.242 e. The standard InChI is InChI=1S/C21H26N2O2/c1-2-19(16-24)23(20-10-4-3-5-11-20)15-21(25)22-13-12-17-8-6-7-9-18(17)14-22/h3-11,19,24H,2,12-16H2,1H3. The fourth-order valence-electron chi connectivity index (χ4n) is 3.45. The molecule has 3 rings (SSSR count). The molecule has 1 aliphatic heterocycles. The molecule has 0 radical (unpaired) electrons. The van der Waals surface area contributed by atoms with Crippen LogP contribution in [0.3, 0.4) is 0 Å². The van der Waals surface area contributed by atoms with Gasteiger partial charge >= 0.3 is 0 Å². The molecule has 0 saturated heterocycles. The molecule has 4 nitrogen and oxygen atoms in total. The van der Waals surface area contributed by atoms with Crippen LogP contribution in [0.1, 0.15) is 24.5 Å². The Hall–Kier alpha value is -2.33. The van der Waals surface area contributed by atoms with Crippen LogP contribution in [0.2, 0.25) is 0 Å². The number of carbonyl (C=O) groups excluding carboxylic acids is 1. The fraction of sp³-hybridized carbons (Fsp3) is 0.381. The zero-order chi connectivity index (χ0) is 17.6. The van der Waals surface area contributed by atoms with Crippen molar-refractivity contribution in [1.29, 1.82) is 0 Å². The second-order valence-electron chi connectivity index (χ2n) is 6.54.